The minimum atomic E-state index is -0.734. The lowest BCUT2D eigenvalue weighted by molar-refractivity contribution is -0.0346. The molecule has 4 aliphatic rings. The predicted octanol–water partition coefficient (Wildman–Crippen LogP) is 7.11. The number of amides is 1. The number of aromatic hydroxyl groups is 1. The summed E-state index contributed by atoms with van der Waals surface area (Å²) in [7, 11) is 0. The molecule has 51 heavy (non-hydrogen) atoms. The number of H-pyrrole nitrogens is 1. The first-order valence-electron chi connectivity index (χ1n) is 19.6. The lowest BCUT2D eigenvalue weighted by atomic mass is 9.81. The highest BCUT2D eigenvalue weighted by molar-refractivity contribution is 5.87. The Bertz CT molecular complexity index is 1600. The minimum absolute atomic E-state index is 0.00378. The van der Waals surface area contributed by atoms with Crippen molar-refractivity contribution in [3.63, 3.8) is 0 Å². The van der Waals surface area contributed by atoms with E-state index < -0.39 is 6.10 Å². The average molecular weight is 703 g/mol. The van der Waals surface area contributed by atoms with Crippen LogP contribution in [0.25, 0.3) is 10.9 Å². The van der Waals surface area contributed by atoms with Crippen LogP contribution in [0.5, 0.6) is 11.5 Å². The Labute approximate surface area is 302 Å². The van der Waals surface area contributed by atoms with Gasteiger partial charge in [-0.2, -0.15) is 0 Å². The van der Waals surface area contributed by atoms with Gasteiger partial charge in [-0.3, -0.25) is 9.69 Å². The smallest absolute Gasteiger partial charge is 0.407 e. The monoisotopic (exact) mass is 702 g/mol. The highest BCUT2D eigenvalue weighted by Gasteiger charge is 2.37. The second kappa shape index (κ2) is 18.8. The van der Waals surface area contributed by atoms with E-state index in [1.807, 2.05) is 6.07 Å². The molecule has 1 unspecified atom stereocenters. The van der Waals surface area contributed by atoms with E-state index in [0.29, 0.717) is 41.5 Å². The van der Waals surface area contributed by atoms with Crippen molar-refractivity contribution in [2.75, 3.05) is 39.3 Å². The topological polar surface area (TPSA) is 136 Å². The summed E-state index contributed by atoms with van der Waals surface area (Å²) in [4.78, 5) is 29.9. The molecule has 2 bridgehead atoms. The number of unbranched alkanes of at least 4 members (excludes halogenated alkanes) is 6. The molecule has 3 aliphatic heterocycles. The van der Waals surface area contributed by atoms with Crippen molar-refractivity contribution in [3.8, 4) is 11.5 Å². The van der Waals surface area contributed by atoms with Crippen LogP contribution < -0.4 is 20.9 Å². The van der Waals surface area contributed by atoms with Crippen molar-refractivity contribution in [1.29, 1.82) is 0 Å². The first-order chi connectivity index (χ1) is 24.9. The molecule has 10 heteroatoms. The molecule has 3 atom stereocenters. The zero-order valence-electron chi connectivity index (χ0n) is 30.1. The Morgan fingerprint density at radius 1 is 0.922 bits per heavy atom. The number of phenols is 1. The van der Waals surface area contributed by atoms with E-state index in [2.05, 4.69) is 38.7 Å². The van der Waals surface area contributed by atoms with Gasteiger partial charge in [0.05, 0.1) is 24.3 Å². The molecular formula is C41H58N4O6. The molecule has 3 aromatic rings. The SMILES string of the molecule is O=C(NC(c1cccc(OCCCCCCCCCNC[C@H](O)c2ccc(O)c3[nH]c(=O)ccc23)c1)C1CCCCC1)O[C@H]1CN2CCC1CC2. The van der Waals surface area contributed by atoms with E-state index in [1.54, 1.807) is 12.1 Å². The Hall–Kier alpha value is -3.60. The number of alkyl carbamates (subject to hydrolysis) is 1. The number of carbonyl (C=O) groups is 1. The van der Waals surface area contributed by atoms with Crippen LogP contribution in [0.2, 0.25) is 0 Å². The van der Waals surface area contributed by atoms with Crippen LogP contribution >= 0.6 is 0 Å². The molecule has 0 radical (unpaired) electrons. The Morgan fingerprint density at radius 2 is 1.69 bits per heavy atom. The second-order valence-corrected chi connectivity index (χ2v) is 15.0. The van der Waals surface area contributed by atoms with Crippen LogP contribution in [-0.4, -0.2) is 71.6 Å². The first kappa shape index (κ1) is 37.2. The predicted molar refractivity (Wildman–Crippen MR) is 200 cm³/mol. The van der Waals surface area contributed by atoms with Gasteiger partial charge in [-0.1, -0.05) is 69.6 Å². The molecule has 1 aromatic heterocycles. The number of carbonyl (C=O) groups excluding carboxylic acids is 1. The fraction of sp³-hybridized carbons (Fsp3) is 0.610. The fourth-order valence-electron chi connectivity index (χ4n) is 8.41. The number of nitrogens with zero attached hydrogens (tertiary/aromatic N) is 1. The van der Waals surface area contributed by atoms with E-state index in [1.165, 1.54) is 50.7 Å². The van der Waals surface area contributed by atoms with E-state index in [0.717, 1.165) is 88.9 Å². The Morgan fingerprint density at radius 3 is 2.45 bits per heavy atom. The average Bonchev–Trinajstić information content (AvgIpc) is 3.15. The third-order valence-corrected chi connectivity index (χ3v) is 11.3. The number of phenolic OH excluding ortho intramolecular Hbond substituents is 1. The number of benzene rings is 2. The van der Waals surface area contributed by atoms with Gasteiger partial charge in [-0.15, -0.1) is 0 Å². The van der Waals surface area contributed by atoms with Gasteiger partial charge in [0.25, 0.3) is 0 Å². The Kier molecular flexibility index (Phi) is 13.7. The molecule has 5 N–H and O–H groups in total. The summed E-state index contributed by atoms with van der Waals surface area (Å²) in [5, 5.41) is 28.1. The normalized spacial score (nSPS) is 21.7. The van der Waals surface area contributed by atoms with Crippen LogP contribution in [0.4, 0.5) is 4.79 Å². The van der Waals surface area contributed by atoms with Crippen molar-refractivity contribution in [1.82, 2.24) is 20.5 Å². The number of aliphatic hydroxyl groups is 1. The van der Waals surface area contributed by atoms with Crippen LogP contribution in [0.3, 0.4) is 0 Å². The number of aromatic amines is 1. The molecule has 2 aromatic carbocycles. The minimum Gasteiger partial charge on any atom is -0.506 e. The van der Waals surface area contributed by atoms with Crippen LogP contribution in [-0.2, 0) is 4.74 Å². The van der Waals surface area contributed by atoms with Gasteiger partial charge in [0.15, 0.2) is 0 Å². The molecule has 1 aliphatic carbocycles. The number of aliphatic hydroxyl groups excluding tert-OH is 1. The molecule has 3 saturated heterocycles. The summed E-state index contributed by atoms with van der Waals surface area (Å²) in [6, 6.07) is 14.5. The summed E-state index contributed by atoms with van der Waals surface area (Å²) in [6.45, 7) is 5.05. The number of ether oxygens (including phenoxy) is 2. The van der Waals surface area contributed by atoms with Gasteiger partial charge in [-0.25, -0.2) is 4.79 Å². The lowest BCUT2D eigenvalue weighted by Crippen LogP contribution is -2.53. The maximum atomic E-state index is 13.2. The maximum absolute atomic E-state index is 13.2. The third-order valence-electron chi connectivity index (χ3n) is 11.3. The Balaban J connectivity index is 0.851. The van der Waals surface area contributed by atoms with Crippen molar-refractivity contribution < 1.29 is 24.5 Å². The number of aromatic nitrogens is 1. The number of pyridine rings is 1. The maximum Gasteiger partial charge on any atom is 0.407 e. The van der Waals surface area contributed by atoms with Crippen molar-refractivity contribution in [3.05, 3.63) is 70.0 Å². The van der Waals surface area contributed by atoms with E-state index in [4.69, 9.17) is 9.47 Å². The van der Waals surface area contributed by atoms with Gasteiger partial charge in [0.1, 0.15) is 17.6 Å². The van der Waals surface area contributed by atoms with E-state index in [9.17, 15) is 19.8 Å². The molecule has 1 amide bonds. The summed E-state index contributed by atoms with van der Waals surface area (Å²) in [5.74, 6) is 1.77. The molecule has 4 fully saturated rings. The van der Waals surface area contributed by atoms with Gasteiger partial charge < -0.3 is 35.3 Å². The summed E-state index contributed by atoms with van der Waals surface area (Å²) < 4.78 is 12.2. The molecule has 4 heterocycles. The van der Waals surface area contributed by atoms with Crippen LogP contribution in [0, 0.1) is 11.8 Å². The number of piperidine rings is 3. The fourth-order valence-corrected chi connectivity index (χ4v) is 8.41. The molecule has 1 saturated carbocycles. The largest absolute Gasteiger partial charge is 0.506 e. The standard InChI is InChI=1S/C41H58N4O6/c46-35-18-16-33(34-17-19-38(48)43-40(34)35)36(47)27-42-22-9-4-2-1-3-5-10-25-50-32-15-11-14-31(26-32)39(30-12-7-6-8-13-30)44-41(49)51-37-28-45-23-20-29(37)21-24-45/h11,14-19,26,29-30,36-37,39,42,46-47H,1-10,12-13,20-25,27-28H2,(H,43,48)(H,44,49)/t36-,37-,39?/m0/s1. The third kappa shape index (κ3) is 10.5. The second-order valence-electron chi connectivity index (χ2n) is 15.0. The van der Waals surface area contributed by atoms with Crippen LogP contribution in [0.1, 0.15) is 113 Å². The number of fused-ring (bicyclic) bond motifs is 4. The van der Waals surface area contributed by atoms with Crippen molar-refractivity contribution in [2.45, 2.75) is 108 Å². The van der Waals surface area contributed by atoms with Gasteiger partial charge in [0.2, 0.25) is 5.56 Å². The summed E-state index contributed by atoms with van der Waals surface area (Å²) in [6.07, 6.45) is 15.1. The highest BCUT2D eigenvalue weighted by Crippen LogP contribution is 2.36. The number of hydrogen-bond acceptors (Lipinski definition) is 8. The molecule has 0 spiro atoms. The molecule has 10 nitrogen and oxygen atoms in total. The number of rotatable bonds is 18. The van der Waals surface area contributed by atoms with Gasteiger partial charge >= 0.3 is 6.09 Å². The molecular weight excluding hydrogens is 644 g/mol. The van der Waals surface area contributed by atoms with Gasteiger partial charge in [-0.05, 0) is 105 Å². The lowest BCUT2D eigenvalue weighted by Gasteiger charge is -2.44. The quantitative estimate of drug-likeness (QED) is 0.0886. The molecule has 7 rings (SSSR count). The number of nitrogens with one attached hydrogen (secondary N) is 3. The van der Waals surface area contributed by atoms with Gasteiger partial charge in [0, 0.05) is 24.5 Å². The van der Waals surface area contributed by atoms with E-state index >= 15 is 0 Å². The molecule has 278 valence electrons. The summed E-state index contributed by atoms with van der Waals surface area (Å²) >= 11 is 0. The van der Waals surface area contributed by atoms with E-state index in [-0.39, 0.29) is 29.5 Å². The van der Waals surface area contributed by atoms with Crippen LogP contribution in [0.15, 0.2) is 53.3 Å². The highest BCUT2D eigenvalue weighted by atomic mass is 16.6. The first-order valence-corrected chi connectivity index (χ1v) is 19.6. The zero-order valence-corrected chi connectivity index (χ0v) is 30.1. The van der Waals surface area contributed by atoms with Crippen molar-refractivity contribution in [2.24, 2.45) is 11.8 Å². The zero-order chi connectivity index (χ0) is 35.4. The number of hydrogen-bond donors (Lipinski definition) is 5. The summed E-state index contributed by atoms with van der Waals surface area (Å²) in [5.41, 5.74) is 1.86. The van der Waals surface area contributed by atoms with Crippen molar-refractivity contribution >= 4 is 17.0 Å².